The third-order valence-corrected chi connectivity index (χ3v) is 4.40. The molecule has 0 fully saturated rings. The van der Waals surface area contributed by atoms with Crippen molar-refractivity contribution in [3.63, 3.8) is 0 Å². The van der Waals surface area contributed by atoms with Crippen LogP contribution in [0.2, 0.25) is 0 Å². The molecule has 0 radical (unpaired) electrons. The quantitative estimate of drug-likeness (QED) is 0.435. The van der Waals surface area contributed by atoms with Gasteiger partial charge in [0.1, 0.15) is 0 Å². The highest BCUT2D eigenvalue weighted by molar-refractivity contribution is 5.94. The van der Waals surface area contributed by atoms with Crippen molar-refractivity contribution in [2.75, 3.05) is 12.0 Å². The lowest BCUT2D eigenvalue weighted by Crippen LogP contribution is -2.40. The normalized spacial score (nSPS) is 16.4. The van der Waals surface area contributed by atoms with E-state index >= 15 is 0 Å². The lowest BCUT2D eigenvalue weighted by Gasteiger charge is -2.31. The van der Waals surface area contributed by atoms with E-state index < -0.39 is 0 Å². The fourth-order valence-electron chi connectivity index (χ4n) is 3.04. The van der Waals surface area contributed by atoms with Crippen LogP contribution in [0.3, 0.4) is 0 Å². The van der Waals surface area contributed by atoms with Gasteiger partial charge in [0.25, 0.3) is 0 Å². The molecule has 3 heteroatoms. The van der Waals surface area contributed by atoms with E-state index in [1.54, 1.807) is 4.90 Å². The second-order valence-electron chi connectivity index (χ2n) is 6.23. The van der Waals surface area contributed by atoms with Crippen LogP contribution in [0.5, 0.6) is 0 Å². The maximum absolute atomic E-state index is 12.2. The number of hydrogen-bond donors (Lipinski definition) is 0. The van der Waals surface area contributed by atoms with Gasteiger partial charge in [-0.15, -0.1) is 0 Å². The molecule has 1 aliphatic rings. The van der Waals surface area contributed by atoms with E-state index in [1.807, 2.05) is 24.3 Å². The number of carbonyl (C=O) groups is 1. The van der Waals surface area contributed by atoms with Gasteiger partial charge in [-0.3, -0.25) is 4.90 Å². The fourth-order valence-corrected chi connectivity index (χ4v) is 3.04. The molecule has 0 saturated carbocycles. The van der Waals surface area contributed by atoms with Crippen molar-refractivity contribution >= 4 is 17.9 Å². The summed E-state index contributed by atoms with van der Waals surface area (Å²) in [5.41, 5.74) is 1.95. The number of anilines is 1. The Hall–Kier alpha value is -2.03. The predicted octanol–water partition coefficient (Wildman–Crippen LogP) is 5.96. The Kier molecular flexibility index (Phi) is 7.60. The number of carbonyl (C=O) groups excluding carboxylic acids is 1. The number of ether oxygens (including phenoxy) is 1. The fraction of sp³-hybridized carbons (Fsp3) is 0.476. The highest BCUT2D eigenvalue weighted by Gasteiger charge is 2.26. The van der Waals surface area contributed by atoms with Crippen LogP contribution in [0, 0.1) is 0 Å². The van der Waals surface area contributed by atoms with Gasteiger partial charge in [0.15, 0.2) is 0 Å². The van der Waals surface area contributed by atoms with Gasteiger partial charge in [0, 0.05) is 0 Å². The first-order chi connectivity index (χ1) is 11.8. The number of fused-ring (bicyclic) bond motifs is 1. The standard InChI is InChI=1S/C21H29NO2/c1-3-4-5-6-7-8-9-10-14-19-17-16-18-13-11-12-15-20(18)22(19)21(23)24-2/h10-17,19H,3-9H2,1-2H3/b14-10+. The van der Waals surface area contributed by atoms with Gasteiger partial charge in [-0.2, -0.15) is 0 Å². The molecule has 1 aromatic rings. The minimum Gasteiger partial charge on any atom is -0.452 e. The molecule has 1 atom stereocenters. The van der Waals surface area contributed by atoms with E-state index in [0.29, 0.717) is 0 Å². The molecule has 1 aliphatic heterocycles. The van der Waals surface area contributed by atoms with Crippen LogP contribution in [-0.4, -0.2) is 19.2 Å². The Bertz CT molecular complexity index is 577. The number of rotatable bonds is 8. The minimum absolute atomic E-state index is 0.0764. The van der Waals surface area contributed by atoms with Gasteiger partial charge < -0.3 is 4.74 Å². The Morgan fingerprint density at radius 1 is 1.17 bits per heavy atom. The summed E-state index contributed by atoms with van der Waals surface area (Å²) in [6.45, 7) is 2.24. The second kappa shape index (κ2) is 9.96. The van der Waals surface area contributed by atoms with E-state index in [-0.39, 0.29) is 12.1 Å². The number of amides is 1. The first-order valence-corrected chi connectivity index (χ1v) is 9.09. The Labute approximate surface area is 146 Å². The number of methoxy groups -OCH3 is 1. The summed E-state index contributed by atoms with van der Waals surface area (Å²) < 4.78 is 4.98. The summed E-state index contributed by atoms with van der Waals surface area (Å²) >= 11 is 0. The number of hydrogen-bond acceptors (Lipinski definition) is 2. The van der Waals surface area contributed by atoms with Crippen molar-refractivity contribution in [1.82, 2.24) is 0 Å². The third-order valence-electron chi connectivity index (χ3n) is 4.40. The molecule has 0 bridgehead atoms. The monoisotopic (exact) mass is 327 g/mol. The zero-order valence-electron chi connectivity index (χ0n) is 14.9. The van der Waals surface area contributed by atoms with Crippen molar-refractivity contribution in [3.8, 4) is 0 Å². The van der Waals surface area contributed by atoms with Gasteiger partial charge in [0.05, 0.1) is 18.8 Å². The molecule has 2 rings (SSSR count). The molecular formula is C21H29NO2. The Balaban J connectivity index is 1.92. The summed E-state index contributed by atoms with van der Waals surface area (Å²) in [5, 5.41) is 0. The maximum atomic E-state index is 12.2. The molecule has 130 valence electrons. The molecule has 24 heavy (non-hydrogen) atoms. The van der Waals surface area contributed by atoms with Gasteiger partial charge in [-0.25, -0.2) is 4.79 Å². The predicted molar refractivity (Wildman–Crippen MR) is 101 cm³/mol. The molecule has 1 unspecified atom stereocenters. The minimum atomic E-state index is -0.319. The summed E-state index contributed by atoms with van der Waals surface area (Å²) in [6.07, 6.45) is 17.0. The lowest BCUT2D eigenvalue weighted by molar-refractivity contribution is 0.178. The third kappa shape index (κ3) is 4.98. The largest absolute Gasteiger partial charge is 0.452 e. The second-order valence-corrected chi connectivity index (χ2v) is 6.23. The molecule has 0 saturated heterocycles. The van der Waals surface area contributed by atoms with Crippen molar-refractivity contribution in [3.05, 3.63) is 48.1 Å². The highest BCUT2D eigenvalue weighted by atomic mass is 16.5. The van der Waals surface area contributed by atoms with Crippen LogP contribution >= 0.6 is 0 Å². The van der Waals surface area contributed by atoms with E-state index in [0.717, 1.165) is 17.7 Å². The van der Waals surface area contributed by atoms with E-state index in [2.05, 4.69) is 31.2 Å². The van der Waals surface area contributed by atoms with E-state index in [9.17, 15) is 4.79 Å². The van der Waals surface area contributed by atoms with Crippen LogP contribution in [-0.2, 0) is 4.74 Å². The number of nitrogens with zero attached hydrogens (tertiary/aromatic N) is 1. The lowest BCUT2D eigenvalue weighted by atomic mass is 10.0. The SMILES string of the molecule is CCCCCCCC/C=C/C1C=Cc2ccccc2N1C(=O)OC. The highest BCUT2D eigenvalue weighted by Crippen LogP contribution is 2.30. The number of benzene rings is 1. The number of para-hydroxylation sites is 1. The number of allylic oxidation sites excluding steroid dienone is 1. The van der Waals surface area contributed by atoms with E-state index in [1.165, 1.54) is 45.6 Å². The van der Waals surface area contributed by atoms with Gasteiger partial charge in [0.2, 0.25) is 0 Å². The zero-order chi connectivity index (χ0) is 17.2. The molecule has 0 aliphatic carbocycles. The van der Waals surface area contributed by atoms with Crippen molar-refractivity contribution < 1.29 is 9.53 Å². The van der Waals surface area contributed by atoms with Gasteiger partial charge >= 0.3 is 6.09 Å². The van der Waals surface area contributed by atoms with Crippen LogP contribution in [0.1, 0.15) is 57.4 Å². The average Bonchev–Trinajstić information content (AvgIpc) is 2.63. The first-order valence-electron chi connectivity index (χ1n) is 9.09. The van der Waals surface area contributed by atoms with Gasteiger partial charge in [-0.05, 0) is 24.5 Å². The van der Waals surface area contributed by atoms with Crippen LogP contribution in [0.4, 0.5) is 10.5 Å². The molecule has 1 heterocycles. The topological polar surface area (TPSA) is 29.5 Å². The smallest absolute Gasteiger partial charge is 0.414 e. The summed E-state index contributed by atoms with van der Waals surface area (Å²) in [7, 11) is 1.43. The molecular weight excluding hydrogens is 298 g/mol. The average molecular weight is 327 g/mol. The van der Waals surface area contributed by atoms with Crippen LogP contribution in [0.25, 0.3) is 6.08 Å². The molecule has 1 aromatic carbocycles. The molecule has 0 spiro atoms. The van der Waals surface area contributed by atoms with Gasteiger partial charge in [-0.1, -0.05) is 81.5 Å². The van der Waals surface area contributed by atoms with E-state index in [4.69, 9.17) is 4.74 Å². The number of unbranched alkanes of at least 4 members (excludes halogenated alkanes) is 6. The molecule has 0 N–H and O–H groups in total. The maximum Gasteiger partial charge on any atom is 0.414 e. The first kappa shape index (κ1) is 18.3. The van der Waals surface area contributed by atoms with Crippen molar-refractivity contribution in [2.45, 2.75) is 57.9 Å². The van der Waals surface area contributed by atoms with Crippen LogP contribution in [0.15, 0.2) is 42.5 Å². The zero-order valence-corrected chi connectivity index (χ0v) is 14.9. The summed E-state index contributed by atoms with van der Waals surface area (Å²) in [6, 6.07) is 7.83. The Morgan fingerprint density at radius 3 is 2.71 bits per heavy atom. The molecule has 1 amide bonds. The van der Waals surface area contributed by atoms with Crippen molar-refractivity contribution in [2.24, 2.45) is 0 Å². The van der Waals surface area contributed by atoms with Crippen LogP contribution < -0.4 is 4.90 Å². The Morgan fingerprint density at radius 2 is 1.92 bits per heavy atom. The summed E-state index contributed by atoms with van der Waals surface area (Å²) in [5.74, 6) is 0. The molecule has 3 nitrogen and oxygen atoms in total. The summed E-state index contributed by atoms with van der Waals surface area (Å²) in [4.78, 5) is 13.9. The van der Waals surface area contributed by atoms with Crippen molar-refractivity contribution in [1.29, 1.82) is 0 Å². The molecule has 0 aromatic heterocycles.